The number of nitrogens with two attached hydrogens (primary N) is 1. The molecule has 0 saturated heterocycles. The van der Waals surface area contributed by atoms with Gasteiger partial charge in [0.2, 0.25) is 0 Å². The number of hydrogen-bond acceptors (Lipinski definition) is 9. The molecule has 10 nitrogen and oxygen atoms in total. The Kier molecular flexibility index (Phi) is 18.7. The normalized spacial score (nSPS) is 10.8. The topological polar surface area (TPSA) is 140 Å². The summed E-state index contributed by atoms with van der Waals surface area (Å²) in [4.78, 5) is 35.2. The van der Waals surface area contributed by atoms with Crippen LogP contribution >= 0.6 is 0 Å². The van der Waals surface area contributed by atoms with Gasteiger partial charge in [-0.2, -0.15) is 0 Å². The molecule has 51 heavy (non-hydrogen) atoms. The number of ether oxygens (including phenoxy) is 4. The minimum absolute atomic E-state index is 0.150. The van der Waals surface area contributed by atoms with Crippen LogP contribution in [-0.2, 0) is 9.53 Å². The maximum Gasteiger partial charge on any atom is 0.343 e. The Hall–Kier alpha value is -4.86. The van der Waals surface area contributed by atoms with Crippen LogP contribution in [0.1, 0.15) is 114 Å². The smallest absolute Gasteiger partial charge is 0.343 e. The zero-order chi connectivity index (χ0) is 36.7. The number of carbonyl (C=O) groups excluding carboxylic acids is 2. The summed E-state index contributed by atoms with van der Waals surface area (Å²) in [5.41, 5.74) is 7.94. The van der Waals surface area contributed by atoms with Gasteiger partial charge in [0.15, 0.2) is 5.75 Å². The minimum Gasteiger partial charge on any atom is -0.494 e. The van der Waals surface area contributed by atoms with E-state index in [1.807, 2.05) is 0 Å². The van der Waals surface area contributed by atoms with Crippen molar-refractivity contribution < 1.29 is 33.5 Å². The van der Waals surface area contributed by atoms with E-state index in [-0.39, 0.29) is 17.4 Å². The van der Waals surface area contributed by atoms with Crippen LogP contribution in [0.3, 0.4) is 0 Å². The predicted molar refractivity (Wildman–Crippen MR) is 201 cm³/mol. The van der Waals surface area contributed by atoms with Gasteiger partial charge in [0.25, 0.3) is 0 Å². The Morgan fingerprint density at radius 1 is 0.725 bits per heavy atom. The number of carbonyl (C=O) groups is 2. The number of nitro benzene ring substituents is 1. The molecule has 276 valence electrons. The number of nitrogens with zero attached hydrogens (tertiary/aromatic N) is 1. The van der Waals surface area contributed by atoms with Crippen molar-refractivity contribution in [2.45, 2.75) is 103 Å². The Bertz CT molecular complexity index is 1510. The average Bonchev–Trinajstić information content (AvgIpc) is 3.13. The molecule has 0 heterocycles. The molecule has 2 N–H and O–H groups in total. The first-order valence-corrected chi connectivity index (χ1v) is 18.4. The van der Waals surface area contributed by atoms with E-state index in [9.17, 15) is 19.7 Å². The van der Waals surface area contributed by atoms with Crippen LogP contribution in [0.2, 0.25) is 0 Å². The molecule has 3 aromatic rings. The van der Waals surface area contributed by atoms with Crippen molar-refractivity contribution >= 4 is 23.3 Å². The van der Waals surface area contributed by atoms with Crippen molar-refractivity contribution in [2.75, 3.05) is 25.6 Å². The summed E-state index contributed by atoms with van der Waals surface area (Å²) in [5.74, 6) is 0.380. The fourth-order valence-electron chi connectivity index (χ4n) is 5.58. The molecular formula is C41H54N2O8. The Morgan fingerprint density at radius 2 is 1.25 bits per heavy atom. The second-order valence-corrected chi connectivity index (χ2v) is 12.6. The van der Waals surface area contributed by atoms with Gasteiger partial charge in [-0.25, -0.2) is 9.59 Å². The molecule has 0 radical (unpaired) electrons. The van der Waals surface area contributed by atoms with E-state index in [2.05, 4.69) is 13.5 Å². The molecule has 3 rings (SSSR count). The second-order valence-electron chi connectivity index (χ2n) is 12.6. The largest absolute Gasteiger partial charge is 0.494 e. The Morgan fingerprint density at radius 3 is 1.82 bits per heavy atom. The first-order valence-electron chi connectivity index (χ1n) is 18.4. The zero-order valence-electron chi connectivity index (χ0n) is 30.1. The first-order chi connectivity index (χ1) is 24.8. The van der Waals surface area contributed by atoms with Crippen LogP contribution in [0, 0.1) is 10.1 Å². The van der Waals surface area contributed by atoms with Gasteiger partial charge in [0.05, 0.1) is 30.3 Å². The summed E-state index contributed by atoms with van der Waals surface area (Å²) in [6.45, 7) is 7.04. The van der Waals surface area contributed by atoms with Gasteiger partial charge in [-0.1, -0.05) is 103 Å². The van der Waals surface area contributed by atoms with E-state index in [1.165, 1.54) is 63.2 Å². The number of unbranched alkanes of at least 4 members (excludes halogenated alkanes) is 13. The fourth-order valence-corrected chi connectivity index (χ4v) is 5.58. The Balaban J connectivity index is 1.37. The molecule has 0 bridgehead atoms. The van der Waals surface area contributed by atoms with Gasteiger partial charge < -0.3 is 24.7 Å². The molecule has 0 amide bonds. The minimum atomic E-state index is -0.526. The van der Waals surface area contributed by atoms with Crippen molar-refractivity contribution in [3.63, 3.8) is 0 Å². The number of hydrogen-bond donors (Lipinski definition) is 1. The van der Waals surface area contributed by atoms with Crippen LogP contribution in [0.5, 0.6) is 17.2 Å². The van der Waals surface area contributed by atoms with Crippen molar-refractivity contribution in [2.24, 2.45) is 0 Å². The lowest BCUT2D eigenvalue weighted by Crippen LogP contribution is -2.08. The van der Waals surface area contributed by atoms with Crippen LogP contribution in [0.4, 0.5) is 11.4 Å². The van der Waals surface area contributed by atoms with E-state index >= 15 is 0 Å². The van der Waals surface area contributed by atoms with Gasteiger partial charge >= 0.3 is 17.6 Å². The summed E-state index contributed by atoms with van der Waals surface area (Å²) in [5, 5.41) is 11.8. The fraction of sp³-hybridized carbons (Fsp3) is 0.463. The van der Waals surface area contributed by atoms with Crippen LogP contribution in [0.25, 0.3) is 11.1 Å². The van der Waals surface area contributed by atoms with E-state index in [4.69, 9.17) is 24.7 Å². The number of rotatable bonds is 26. The molecule has 0 unspecified atom stereocenters. The maximum atomic E-state index is 12.8. The molecule has 0 aromatic heterocycles. The average molecular weight is 703 g/mol. The lowest BCUT2D eigenvalue weighted by atomic mass is 10.0. The zero-order valence-corrected chi connectivity index (χ0v) is 30.1. The van der Waals surface area contributed by atoms with Gasteiger partial charge in [0.1, 0.15) is 11.5 Å². The van der Waals surface area contributed by atoms with Crippen molar-refractivity contribution in [3.05, 3.63) is 89.0 Å². The highest BCUT2D eigenvalue weighted by Gasteiger charge is 2.20. The summed E-state index contributed by atoms with van der Waals surface area (Å²) >= 11 is 0. The summed E-state index contributed by atoms with van der Waals surface area (Å²) in [6.07, 6.45) is 17.7. The third-order valence-electron chi connectivity index (χ3n) is 8.52. The van der Waals surface area contributed by atoms with E-state index in [0.29, 0.717) is 53.7 Å². The Labute approximate surface area is 302 Å². The summed E-state index contributed by atoms with van der Waals surface area (Å²) < 4.78 is 22.1. The predicted octanol–water partition coefficient (Wildman–Crippen LogP) is 10.4. The standard InChI is InChI=1S/C41H54N2O8/c1-3-5-6-7-13-17-28-49-39-31-37(42)36(30-38(39)43(46)47)32-19-21-33(22-20-32)41(45)51-35-25-23-34(24-26-35)48-27-16-14-11-9-8-10-12-15-18-29-50-40(44)4-2/h4,19-26,30-31H,2-3,5-18,27-29,42H2,1H3. The highest BCUT2D eigenvalue weighted by atomic mass is 16.6. The summed E-state index contributed by atoms with van der Waals surface area (Å²) in [7, 11) is 0. The van der Waals surface area contributed by atoms with Crippen LogP contribution in [0.15, 0.2) is 73.3 Å². The third-order valence-corrected chi connectivity index (χ3v) is 8.52. The molecule has 0 aliphatic rings. The van der Waals surface area contributed by atoms with Crippen molar-refractivity contribution in [1.29, 1.82) is 0 Å². The summed E-state index contributed by atoms with van der Waals surface area (Å²) in [6, 6.07) is 16.5. The number of nitrogen functional groups attached to an aromatic ring is 1. The number of esters is 2. The lowest BCUT2D eigenvalue weighted by molar-refractivity contribution is -0.385. The van der Waals surface area contributed by atoms with Crippen molar-refractivity contribution in [1.82, 2.24) is 0 Å². The SMILES string of the molecule is C=CC(=O)OCCCCCCCCCCCOc1ccc(OC(=O)c2ccc(-c3cc([N+](=O)[O-])c(OCCCCCCCC)cc3N)cc2)cc1. The highest BCUT2D eigenvalue weighted by Crippen LogP contribution is 2.37. The quantitative estimate of drug-likeness (QED) is 0.0164. The molecule has 3 aromatic carbocycles. The van der Waals surface area contributed by atoms with Gasteiger partial charge in [-0.15, -0.1) is 0 Å². The number of anilines is 1. The molecule has 0 aliphatic heterocycles. The lowest BCUT2D eigenvalue weighted by Gasteiger charge is -2.12. The molecule has 0 atom stereocenters. The molecule has 0 aliphatic carbocycles. The third kappa shape index (κ3) is 15.3. The first kappa shape index (κ1) is 40.6. The maximum absolute atomic E-state index is 12.8. The molecule has 0 saturated carbocycles. The van der Waals surface area contributed by atoms with E-state index < -0.39 is 10.9 Å². The van der Waals surface area contributed by atoms with Gasteiger partial charge in [-0.05, 0) is 61.2 Å². The second kappa shape index (κ2) is 23.5. The monoisotopic (exact) mass is 702 g/mol. The highest BCUT2D eigenvalue weighted by molar-refractivity contribution is 5.92. The van der Waals surface area contributed by atoms with Gasteiger partial charge in [0, 0.05) is 29.5 Å². The van der Waals surface area contributed by atoms with Crippen molar-refractivity contribution in [3.8, 4) is 28.4 Å². The van der Waals surface area contributed by atoms with Crippen LogP contribution in [-0.4, -0.2) is 36.7 Å². The van der Waals surface area contributed by atoms with E-state index in [0.717, 1.165) is 51.4 Å². The molecular weight excluding hydrogens is 648 g/mol. The molecule has 0 spiro atoms. The van der Waals surface area contributed by atoms with E-state index in [1.54, 1.807) is 48.5 Å². The number of benzene rings is 3. The molecule has 0 fully saturated rings. The van der Waals surface area contributed by atoms with Crippen LogP contribution < -0.4 is 19.9 Å². The number of nitro groups is 1. The van der Waals surface area contributed by atoms with Gasteiger partial charge in [-0.3, -0.25) is 10.1 Å². The molecule has 10 heteroatoms.